The van der Waals surface area contributed by atoms with Gasteiger partial charge in [0.15, 0.2) is 10.1 Å². The van der Waals surface area contributed by atoms with Crippen molar-refractivity contribution in [2.75, 3.05) is 29.1 Å². The third-order valence-corrected chi connectivity index (χ3v) is 7.49. The maximum absolute atomic E-state index is 12.5. The van der Waals surface area contributed by atoms with E-state index in [1.54, 1.807) is 28.4 Å². The number of hydrogen-bond donors (Lipinski definition) is 1. The zero-order chi connectivity index (χ0) is 20.1. The highest BCUT2D eigenvalue weighted by molar-refractivity contribution is 8.01. The summed E-state index contributed by atoms with van der Waals surface area (Å²) in [7, 11) is 0. The number of nitrogens with zero attached hydrogens (tertiary/aromatic N) is 3. The molecule has 9 heteroatoms. The number of carbonyl (C=O) groups is 2. The quantitative estimate of drug-likeness (QED) is 0.390. The van der Waals surface area contributed by atoms with Crippen LogP contribution >= 0.6 is 34.4 Å². The van der Waals surface area contributed by atoms with Crippen molar-refractivity contribution in [3.8, 4) is 0 Å². The first kappa shape index (κ1) is 20.1. The van der Waals surface area contributed by atoms with Gasteiger partial charge < -0.3 is 10.2 Å². The molecule has 150 valence electrons. The molecule has 1 N–H and O–H groups in total. The number of ketones is 1. The van der Waals surface area contributed by atoms with Crippen LogP contribution in [0.4, 0.5) is 10.8 Å². The van der Waals surface area contributed by atoms with Crippen molar-refractivity contribution in [3.05, 3.63) is 52.2 Å². The van der Waals surface area contributed by atoms with Crippen molar-refractivity contribution in [2.45, 2.75) is 23.6 Å². The lowest BCUT2D eigenvalue weighted by molar-refractivity contribution is -0.117. The minimum atomic E-state index is 0.0386. The third-order valence-electron chi connectivity index (χ3n) is 4.54. The van der Waals surface area contributed by atoms with E-state index in [1.807, 2.05) is 12.1 Å². The first-order chi connectivity index (χ1) is 14.2. The summed E-state index contributed by atoms with van der Waals surface area (Å²) in [5.74, 6) is 0.499. The van der Waals surface area contributed by atoms with E-state index in [2.05, 4.69) is 33.0 Å². The van der Waals surface area contributed by atoms with E-state index in [9.17, 15) is 9.59 Å². The molecule has 0 bridgehead atoms. The van der Waals surface area contributed by atoms with Gasteiger partial charge in [0, 0.05) is 35.6 Å². The van der Waals surface area contributed by atoms with E-state index in [-0.39, 0.29) is 11.7 Å². The number of nitrogens with one attached hydrogen (secondary N) is 1. The van der Waals surface area contributed by atoms with Crippen LogP contribution in [0.25, 0.3) is 0 Å². The van der Waals surface area contributed by atoms with Gasteiger partial charge in [-0.1, -0.05) is 29.2 Å². The summed E-state index contributed by atoms with van der Waals surface area (Å²) in [6, 6.07) is 11.5. The normalized spacial score (nSPS) is 13.8. The molecule has 3 aromatic rings. The molecule has 1 aromatic carbocycles. The first-order valence-corrected chi connectivity index (χ1v) is 12.0. The number of thiophene rings is 1. The highest BCUT2D eigenvalue weighted by Crippen LogP contribution is 2.27. The van der Waals surface area contributed by atoms with Crippen LogP contribution in [-0.4, -0.2) is 40.7 Å². The average Bonchev–Trinajstić information content (AvgIpc) is 3.49. The molecule has 4 rings (SSSR count). The predicted octanol–water partition coefficient (Wildman–Crippen LogP) is 4.36. The Morgan fingerprint density at radius 3 is 2.79 bits per heavy atom. The van der Waals surface area contributed by atoms with E-state index in [0.29, 0.717) is 17.7 Å². The largest absolute Gasteiger partial charge is 0.360 e. The second-order valence-corrected chi connectivity index (χ2v) is 9.77. The SMILES string of the molecule is O=C(CSc1nnc(NCCc2cccs2)s1)c1ccc(N2CCCC2=O)cc1. The Kier molecular flexibility index (Phi) is 6.58. The molecule has 0 spiro atoms. The first-order valence-electron chi connectivity index (χ1n) is 9.35. The number of carbonyl (C=O) groups excluding carboxylic acids is 2. The lowest BCUT2D eigenvalue weighted by Gasteiger charge is -2.15. The fourth-order valence-electron chi connectivity index (χ4n) is 3.05. The number of thioether (sulfide) groups is 1. The van der Waals surface area contributed by atoms with Gasteiger partial charge in [-0.05, 0) is 48.6 Å². The summed E-state index contributed by atoms with van der Waals surface area (Å²) >= 11 is 4.61. The fraction of sp³-hybridized carbons (Fsp3) is 0.300. The van der Waals surface area contributed by atoms with Crippen molar-refractivity contribution in [1.29, 1.82) is 0 Å². The maximum atomic E-state index is 12.5. The Balaban J connectivity index is 1.25. The molecule has 0 unspecified atom stereocenters. The van der Waals surface area contributed by atoms with Gasteiger partial charge in [0.1, 0.15) is 0 Å². The molecule has 2 aromatic heterocycles. The van der Waals surface area contributed by atoms with E-state index in [0.717, 1.165) is 41.1 Å². The number of Topliss-reactive ketones (excluding diaryl/α,β-unsaturated/α-hetero) is 1. The van der Waals surface area contributed by atoms with Crippen LogP contribution in [0.1, 0.15) is 28.1 Å². The zero-order valence-corrected chi connectivity index (χ0v) is 18.1. The van der Waals surface area contributed by atoms with Gasteiger partial charge in [0.05, 0.1) is 5.75 Å². The van der Waals surface area contributed by atoms with E-state index in [4.69, 9.17) is 0 Å². The fourth-order valence-corrected chi connectivity index (χ4v) is 5.43. The lowest BCUT2D eigenvalue weighted by atomic mass is 10.1. The molecular weight excluding hydrogens is 424 g/mol. The van der Waals surface area contributed by atoms with Crippen LogP contribution in [0.3, 0.4) is 0 Å². The molecule has 1 aliphatic rings. The predicted molar refractivity (Wildman–Crippen MR) is 120 cm³/mol. The van der Waals surface area contributed by atoms with Crippen LogP contribution in [-0.2, 0) is 11.2 Å². The molecule has 1 fully saturated rings. The summed E-state index contributed by atoms with van der Waals surface area (Å²) in [6.45, 7) is 1.56. The number of amides is 1. The highest BCUT2D eigenvalue weighted by atomic mass is 32.2. The van der Waals surface area contributed by atoms with Crippen molar-refractivity contribution >= 4 is 56.9 Å². The number of hydrogen-bond acceptors (Lipinski definition) is 8. The summed E-state index contributed by atoms with van der Waals surface area (Å²) < 4.78 is 0.774. The van der Waals surface area contributed by atoms with Crippen LogP contribution < -0.4 is 10.2 Å². The van der Waals surface area contributed by atoms with Crippen molar-refractivity contribution in [2.24, 2.45) is 0 Å². The Morgan fingerprint density at radius 2 is 2.07 bits per heavy atom. The van der Waals surface area contributed by atoms with E-state index >= 15 is 0 Å². The molecule has 1 saturated heterocycles. The van der Waals surface area contributed by atoms with Gasteiger partial charge in [0.25, 0.3) is 0 Å². The van der Waals surface area contributed by atoms with Crippen molar-refractivity contribution < 1.29 is 9.59 Å². The van der Waals surface area contributed by atoms with Crippen LogP contribution in [0.2, 0.25) is 0 Å². The molecule has 29 heavy (non-hydrogen) atoms. The Morgan fingerprint density at radius 1 is 1.21 bits per heavy atom. The summed E-state index contributed by atoms with van der Waals surface area (Å²) in [6.07, 6.45) is 2.45. The van der Waals surface area contributed by atoms with Crippen LogP contribution in [0.15, 0.2) is 46.1 Å². The van der Waals surface area contributed by atoms with Gasteiger partial charge >= 0.3 is 0 Å². The number of benzene rings is 1. The minimum absolute atomic E-state index is 0.0386. The molecule has 6 nitrogen and oxygen atoms in total. The Bertz CT molecular complexity index is 970. The number of rotatable bonds is 9. The summed E-state index contributed by atoms with van der Waals surface area (Å²) in [5.41, 5.74) is 1.51. The third kappa shape index (κ3) is 5.23. The van der Waals surface area contributed by atoms with Gasteiger partial charge in [-0.3, -0.25) is 9.59 Å². The molecule has 3 heterocycles. The zero-order valence-electron chi connectivity index (χ0n) is 15.7. The topological polar surface area (TPSA) is 75.2 Å². The smallest absolute Gasteiger partial charge is 0.227 e. The van der Waals surface area contributed by atoms with Crippen molar-refractivity contribution in [1.82, 2.24) is 10.2 Å². The number of anilines is 2. The van der Waals surface area contributed by atoms with Crippen LogP contribution in [0.5, 0.6) is 0 Å². The monoisotopic (exact) mass is 444 g/mol. The minimum Gasteiger partial charge on any atom is -0.360 e. The van der Waals surface area contributed by atoms with E-state index in [1.165, 1.54) is 28.0 Å². The van der Waals surface area contributed by atoms with Gasteiger partial charge in [-0.25, -0.2) is 0 Å². The van der Waals surface area contributed by atoms with Crippen LogP contribution in [0, 0.1) is 0 Å². The maximum Gasteiger partial charge on any atom is 0.227 e. The molecule has 1 amide bonds. The second kappa shape index (κ2) is 9.51. The van der Waals surface area contributed by atoms with E-state index < -0.39 is 0 Å². The van der Waals surface area contributed by atoms with Gasteiger partial charge in [-0.15, -0.1) is 21.5 Å². The molecule has 1 aliphatic heterocycles. The highest BCUT2D eigenvalue weighted by Gasteiger charge is 2.21. The standard InChI is InChI=1S/C20H20N4O2S3/c25-17(14-5-7-15(8-6-14)24-11-1-4-18(24)26)13-28-20-23-22-19(29-20)21-10-9-16-3-2-12-27-16/h2-3,5-8,12H,1,4,9-11,13H2,(H,21,22). The molecule has 0 atom stereocenters. The molecular formula is C20H20N4O2S3. The van der Waals surface area contributed by atoms with Gasteiger partial charge in [-0.2, -0.15) is 0 Å². The van der Waals surface area contributed by atoms with Gasteiger partial charge in [0.2, 0.25) is 11.0 Å². The van der Waals surface area contributed by atoms with Crippen molar-refractivity contribution in [3.63, 3.8) is 0 Å². The second-order valence-electron chi connectivity index (χ2n) is 6.54. The molecule has 0 saturated carbocycles. The Hall–Kier alpha value is -2.23. The summed E-state index contributed by atoms with van der Waals surface area (Å²) in [5, 5.41) is 14.4. The Labute approximate surface area is 181 Å². The molecule has 0 aliphatic carbocycles. The summed E-state index contributed by atoms with van der Waals surface area (Å²) in [4.78, 5) is 27.4. The average molecular weight is 445 g/mol. The lowest BCUT2D eigenvalue weighted by Crippen LogP contribution is -2.23. The number of aromatic nitrogens is 2. The molecule has 0 radical (unpaired) electrons.